The van der Waals surface area contributed by atoms with Gasteiger partial charge in [0.1, 0.15) is 17.2 Å². The molecule has 8 heteroatoms. The lowest BCUT2D eigenvalue weighted by Gasteiger charge is -2.22. The highest BCUT2D eigenvalue weighted by atomic mass is 16.5. The summed E-state index contributed by atoms with van der Waals surface area (Å²) < 4.78 is 17.5. The van der Waals surface area contributed by atoms with E-state index in [2.05, 4.69) is 31.4 Å². The number of hydrogen-bond donors (Lipinski definition) is 2. The number of amides is 4. The molecule has 0 heterocycles. The topological polar surface area (TPSA) is 89.1 Å². The maximum atomic E-state index is 13.6. The molecule has 0 fully saturated rings. The van der Waals surface area contributed by atoms with E-state index in [9.17, 15) is 9.59 Å². The van der Waals surface area contributed by atoms with Gasteiger partial charge in [0.05, 0.1) is 25.5 Å². The van der Waals surface area contributed by atoms with Gasteiger partial charge in [-0.1, -0.05) is 78.6 Å². The van der Waals surface area contributed by atoms with E-state index in [4.69, 9.17) is 14.2 Å². The second-order valence-electron chi connectivity index (χ2n) is 11.5. The Bertz CT molecular complexity index is 1190. The van der Waals surface area contributed by atoms with Crippen LogP contribution in [0, 0.1) is 0 Å². The van der Waals surface area contributed by atoms with E-state index >= 15 is 0 Å². The molecule has 0 aliphatic rings. The van der Waals surface area contributed by atoms with E-state index in [0.717, 1.165) is 54.9 Å². The fourth-order valence-corrected chi connectivity index (χ4v) is 4.80. The molecule has 0 atom stereocenters. The number of benzene rings is 3. The fourth-order valence-electron chi connectivity index (χ4n) is 4.80. The average Bonchev–Trinajstić information content (AvgIpc) is 3.07. The van der Waals surface area contributed by atoms with Crippen LogP contribution in [-0.4, -0.2) is 31.9 Å². The van der Waals surface area contributed by atoms with Gasteiger partial charge in [-0.15, -0.1) is 0 Å². The van der Waals surface area contributed by atoms with Crippen molar-refractivity contribution in [1.82, 2.24) is 0 Å². The van der Waals surface area contributed by atoms with Crippen molar-refractivity contribution in [2.75, 3.05) is 35.4 Å². The van der Waals surface area contributed by atoms with Crippen LogP contribution in [0.25, 0.3) is 0 Å². The van der Waals surface area contributed by atoms with Crippen LogP contribution in [0.15, 0.2) is 72.8 Å². The molecule has 0 bridgehead atoms. The standard InChI is InChI=1S/C38H53N3O5/c1-4-7-10-13-28-44-34-22-16-31(17-23-34)39-37(42)41(33-20-26-36(27-21-33)46-30-15-12-9-6-3)38(43)40-32-18-24-35(25-19-32)45-29-14-11-8-5-2/h16-27H,4-15,28-30H2,1-3H3,(H,39,42)(H,40,43). The third kappa shape index (κ3) is 13.4. The van der Waals surface area contributed by atoms with E-state index in [-0.39, 0.29) is 0 Å². The largest absolute Gasteiger partial charge is 0.494 e. The quantitative estimate of drug-likeness (QED) is 0.114. The molecule has 8 nitrogen and oxygen atoms in total. The molecule has 3 rings (SSSR count). The Morgan fingerprint density at radius 1 is 0.478 bits per heavy atom. The average molecular weight is 632 g/mol. The number of anilines is 3. The predicted molar refractivity (Wildman–Crippen MR) is 189 cm³/mol. The molecule has 0 saturated carbocycles. The van der Waals surface area contributed by atoms with Crippen LogP contribution in [-0.2, 0) is 0 Å². The van der Waals surface area contributed by atoms with Crippen LogP contribution >= 0.6 is 0 Å². The van der Waals surface area contributed by atoms with Crippen molar-refractivity contribution in [1.29, 1.82) is 0 Å². The van der Waals surface area contributed by atoms with E-state index in [0.29, 0.717) is 42.6 Å². The van der Waals surface area contributed by atoms with Crippen molar-refractivity contribution in [3.8, 4) is 17.2 Å². The van der Waals surface area contributed by atoms with E-state index < -0.39 is 12.1 Å². The van der Waals surface area contributed by atoms with Crippen molar-refractivity contribution >= 4 is 29.1 Å². The fraction of sp³-hybridized carbons (Fsp3) is 0.474. The maximum Gasteiger partial charge on any atom is 0.334 e. The molecule has 0 saturated heterocycles. The molecule has 0 aliphatic carbocycles. The molecule has 0 spiro atoms. The van der Waals surface area contributed by atoms with Gasteiger partial charge in [0.15, 0.2) is 0 Å². The lowest BCUT2D eigenvalue weighted by molar-refractivity contribution is 0.246. The molecule has 46 heavy (non-hydrogen) atoms. The molecule has 0 aliphatic heterocycles. The van der Waals surface area contributed by atoms with Gasteiger partial charge in [0.2, 0.25) is 0 Å². The lowest BCUT2D eigenvalue weighted by atomic mass is 10.2. The van der Waals surface area contributed by atoms with Crippen molar-refractivity contribution in [2.24, 2.45) is 0 Å². The second kappa shape index (κ2) is 21.5. The van der Waals surface area contributed by atoms with Gasteiger partial charge in [-0.3, -0.25) is 0 Å². The van der Waals surface area contributed by atoms with Gasteiger partial charge in [-0.25, -0.2) is 14.5 Å². The van der Waals surface area contributed by atoms with E-state index in [1.165, 1.54) is 38.5 Å². The summed E-state index contributed by atoms with van der Waals surface area (Å²) in [6.45, 7) is 8.48. The third-order valence-electron chi connectivity index (χ3n) is 7.51. The third-order valence-corrected chi connectivity index (χ3v) is 7.51. The summed E-state index contributed by atoms with van der Waals surface area (Å²) in [5, 5.41) is 5.71. The van der Waals surface area contributed by atoms with Gasteiger partial charge in [0.25, 0.3) is 0 Å². The first-order valence-electron chi connectivity index (χ1n) is 17.1. The summed E-state index contributed by atoms with van der Waals surface area (Å²) in [5.74, 6) is 2.17. The Kier molecular flexibility index (Phi) is 17.0. The second-order valence-corrected chi connectivity index (χ2v) is 11.5. The molecule has 0 aromatic heterocycles. The minimum Gasteiger partial charge on any atom is -0.494 e. The van der Waals surface area contributed by atoms with Crippen molar-refractivity contribution in [3.05, 3.63) is 72.8 Å². The summed E-state index contributed by atoms with van der Waals surface area (Å²) >= 11 is 0. The number of nitrogens with zero attached hydrogens (tertiary/aromatic N) is 1. The summed E-state index contributed by atoms with van der Waals surface area (Å²) in [4.78, 5) is 28.2. The normalized spacial score (nSPS) is 10.7. The van der Waals surface area contributed by atoms with Crippen LogP contribution < -0.4 is 29.7 Å². The number of urea groups is 2. The summed E-state index contributed by atoms with van der Waals surface area (Å²) in [7, 11) is 0. The SMILES string of the molecule is CCCCCCOc1ccc(NC(=O)N(C(=O)Nc2ccc(OCCCCCC)cc2)c2ccc(OCCCCCC)cc2)cc1. The maximum absolute atomic E-state index is 13.6. The van der Waals surface area contributed by atoms with Crippen LogP contribution in [0.3, 0.4) is 0 Å². The summed E-state index contributed by atoms with van der Waals surface area (Å²) in [6, 6.07) is 20.2. The first-order valence-corrected chi connectivity index (χ1v) is 17.1. The molecule has 0 unspecified atom stereocenters. The van der Waals surface area contributed by atoms with E-state index in [1.54, 1.807) is 48.5 Å². The number of imide groups is 1. The highest BCUT2D eigenvalue weighted by Crippen LogP contribution is 2.24. The molecular formula is C38H53N3O5. The smallest absolute Gasteiger partial charge is 0.334 e. The molecule has 3 aromatic carbocycles. The first-order chi connectivity index (χ1) is 22.5. The monoisotopic (exact) mass is 631 g/mol. The van der Waals surface area contributed by atoms with Gasteiger partial charge in [-0.2, -0.15) is 0 Å². The summed E-state index contributed by atoms with van der Waals surface area (Å²) in [5.41, 5.74) is 1.51. The number of carbonyl (C=O) groups is 2. The van der Waals surface area contributed by atoms with Crippen molar-refractivity contribution in [3.63, 3.8) is 0 Å². The Balaban J connectivity index is 1.66. The van der Waals surface area contributed by atoms with Crippen LogP contribution in [0.5, 0.6) is 17.2 Å². The number of hydrogen-bond acceptors (Lipinski definition) is 5. The molecular weight excluding hydrogens is 578 g/mol. The Labute approximate surface area is 275 Å². The van der Waals surface area contributed by atoms with Crippen molar-refractivity contribution in [2.45, 2.75) is 97.8 Å². The Morgan fingerprint density at radius 2 is 0.804 bits per heavy atom. The zero-order chi connectivity index (χ0) is 32.8. The number of rotatable bonds is 21. The lowest BCUT2D eigenvalue weighted by Crippen LogP contribution is -2.42. The van der Waals surface area contributed by atoms with Crippen LogP contribution in [0.4, 0.5) is 26.7 Å². The number of carbonyl (C=O) groups excluding carboxylic acids is 2. The molecule has 0 radical (unpaired) electrons. The van der Waals surface area contributed by atoms with Gasteiger partial charge >= 0.3 is 12.1 Å². The Morgan fingerprint density at radius 3 is 1.13 bits per heavy atom. The minimum atomic E-state index is -0.592. The predicted octanol–water partition coefficient (Wildman–Crippen LogP) is 10.8. The molecule has 250 valence electrons. The molecule has 4 amide bonds. The highest BCUT2D eigenvalue weighted by Gasteiger charge is 2.24. The van der Waals surface area contributed by atoms with Gasteiger partial charge in [-0.05, 0) is 92.1 Å². The van der Waals surface area contributed by atoms with Gasteiger partial charge < -0.3 is 24.8 Å². The molecule has 2 N–H and O–H groups in total. The van der Waals surface area contributed by atoms with Crippen molar-refractivity contribution < 1.29 is 23.8 Å². The number of unbranched alkanes of at least 4 members (excludes halogenated alkanes) is 9. The minimum absolute atomic E-state index is 0.410. The zero-order valence-corrected chi connectivity index (χ0v) is 28.0. The van der Waals surface area contributed by atoms with Crippen LogP contribution in [0.1, 0.15) is 97.8 Å². The number of nitrogens with one attached hydrogen (secondary N) is 2. The Hall–Kier alpha value is -4.20. The first kappa shape index (κ1) is 36.3. The zero-order valence-electron chi connectivity index (χ0n) is 28.0. The number of ether oxygens (including phenoxy) is 3. The highest BCUT2D eigenvalue weighted by molar-refractivity contribution is 6.21. The van der Waals surface area contributed by atoms with E-state index in [1.807, 2.05) is 24.3 Å². The van der Waals surface area contributed by atoms with Crippen LogP contribution in [0.2, 0.25) is 0 Å². The summed E-state index contributed by atoms with van der Waals surface area (Å²) in [6.07, 6.45) is 13.5. The molecule has 3 aromatic rings. The van der Waals surface area contributed by atoms with Gasteiger partial charge in [0, 0.05) is 11.4 Å².